The van der Waals surface area contributed by atoms with Gasteiger partial charge in [-0.2, -0.15) is 0 Å². The molecule has 0 amide bonds. The summed E-state index contributed by atoms with van der Waals surface area (Å²) in [6.07, 6.45) is 1.41. The summed E-state index contributed by atoms with van der Waals surface area (Å²) in [6, 6.07) is 0. The lowest BCUT2D eigenvalue weighted by atomic mass is 10.3. The van der Waals surface area contributed by atoms with Crippen molar-refractivity contribution in [3.63, 3.8) is 0 Å². The summed E-state index contributed by atoms with van der Waals surface area (Å²) < 4.78 is 9.54. The standard InChI is InChI=1S/C12H18O5/c1-4-5-6-16-12(15)9(2)8-17-11(14)7-10(3)13/h2,4-8H2,1,3H3. The van der Waals surface area contributed by atoms with Crippen molar-refractivity contribution in [1.29, 1.82) is 0 Å². The molecule has 0 atom stereocenters. The number of carbonyl (C=O) groups excluding carboxylic acids is 3. The van der Waals surface area contributed by atoms with Gasteiger partial charge in [0.05, 0.1) is 12.2 Å². The molecule has 0 aromatic carbocycles. The van der Waals surface area contributed by atoms with Crippen LogP contribution in [0.5, 0.6) is 0 Å². The van der Waals surface area contributed by atoms with Crippen LogP contribution in [0.25, 0.3) is 0 Å². The Bertz CT molecular complexity index is 306. The Morgan fingerprint density at radius 1 is 1.18 bits per heavy atom. The number of hydrogen-bond acceptors (Lipinski definition) is 5. The van der Waals surface area contributed by atoms with Crippen LogP contribution in [0.4, 0.5) is 0 Å². The fourth-order valence-electron chi connectivity index (χ4n) is 0.892. The molecule has 0 unspecified atom stereocenters. The van der Waals surface area contributed by atoms with Crippen LogP contribution >= 0.6 is 0 Å². The minimum absolute atomic E-state index is 0.0676. The van der Waals surface area contributed by atoms with Crippen LogP contribution in [-0.4, -0.2) is 30.9 Å². The highest BCUT2D eigenvalue weighted by Gasteiger charge is 2.12. The average Bonchev–Trinajstić information content (AvgIpc) is 2.25. The van der Waals surface area contributed by atoms with E-state index in [-0.39, 0.29) is 24.4 Å². The van der Waals surface area contributed by atoms with Crippen molar-refractivity contribution in [3.8, 4) is 0 Å². The van der Waals surface area contributed by atoms with Crippen LogP contribution in [0.15, 0.2) is 12.2 Å². The maximum atomic E-state index is 11.3. The summed E-state index contributed by atoms with van der Waals surface area (Å²) in [5, 5.41) is 0. The number of ketones is 1. The molecule has 0 aliphatic rings. The van der Waals surface area contributed by atoms with Gasteiger partial charge in [0.1, 0.15) is 18.8 Å². The van der Waals surface area contributed by atoms with Crippen molar-refractivity contribution in [1.82, 2.24) is 0 Å². The number of carbonyl (C=O) groups is 3. The van der Waals surface area contributed by atoms with Crippen LogP contribution in [0, 0.1) is 0 Å². The molecule has 17 heavy (non-hydrogen) atoms. The summed E-state index contributed by atoms with van der Waals surface area (Å²) in [6.45, 7) is 6.80. The zero-order valence-electron chi connectivity index (χ0n) is 10.3. The van der Waals surface area contributed by atoms with Crippen molar-refractivity contribution in [2.45, 2.75) is 33.1 Å². The van der Waals surface area contributed by atoms with Crippen molar-refractivity contribution in [2.75, 3.05) is 13.2 Å². The van der Waals surface area contributed by atoms with Crippen molar-refractivity contribution in [3.05, 3.63) is 12.2 Å². The molecule has 0 aliphatic heterocycles. The van der Waals surface area contributed by atoms with Gasteiger partial charge in [0.25, 0.3) is 0 Å². The lowest BCUT2D eigenvalue weighted by Gasteiger charge is -2.07. The van der Waals surface area contributed by atoms with Crippen LogP contribution in [0.2, 0.25) is 0 Å². The predicted octanol–water partition coefficient (Wildman–Crippen LogP) is 1.41. The fourth-order valence-corrected chi connectivity index (χ4v) is 0.892. The number of unbranched alkanes of at least 4 members (excludes halogenated alkanes) is 1. The molecule has 0 saturated heterocycles. The Labute approximate surface area is 101 Å². The van der Waals surface area contributed by atoms with E-state index in [4.69, 9.17) is 4.74 Å². The molecule has 0 fully saturated rings. The Morgan fingerprint density at radius 3 is 2.35 bits per heavy atom. The van der Waals surface area contributed by atoms with E-state index < -0.39 is 11.9 Å². The molecule has 0 bridgehead atoms. The minimum atomic E-state index is -0.667. The van der Waals surface area contributed by atoms with Crippen LogP contribution in [0.1, 0.15) is 33.1 Å². The second kappa shape index (κ2) is 8.50. The number of Topliss-reactive ketones (excluding diaryl/α,β-unsaturated/α-hetero) is 1. The van der Waals surface area contributed by atoms with Crippen LogP contribution < -0.4 is 0 Å². The molecular formula is C12H18O5. The number of hydrogen-bond donors (Lipinski definition) is 0. The largest absolute Gasteiger partial charge is 0.462 e. The van der Waals surface area contributed by atoms with Gasteiger partial charge in [0.2, 0.25) is 0 Å². The van der Waals surface area contributed by atoms with Gasteiger partial charge in [-0.3, -0.25) is 9.59 Å². The number of esters is 2. The third-order valence-electron chi connectivity index (χ3n) is 1.82. The highest BCUT2D eigenvalue weighted by atomic mass is 16.5. The van der Waals surface area contributed by atoms with E-state index in [0.29, 0.717) is 6.61 Å². The fraction of sp³-hybridized carbons (Fsp3) is 0.583. The predicted molar refractivity (Wildman–Crippen MR) is 61.3 cm³/mol. The third kappa shape index (κ3) is 8.19. The molecule has 0 aliphatic carbocycles. The number of ether oxygens (including phenoxy) is 2. The molecule has 0 spiro atoms. The van der Waals surface area contributed by atoms with Gasteiger partial charge >= 0.3 is 11.9 Å². The quantitative estimate of drug-likeness (QED) is 0.278. The first-order chi connectivity index (χ1) is 7.97. The van der Waals surface area contributed by atoms with E-state index in [2.05, 4.69) is 11.3 Å². The first-order valence-corrected chi connectivity index (χ1v) is 5.47. The normalized spacial score (nSPS) is 9.53. The smallest absolute Gasteiger partial charge is 0.336 e. The molecule has 0 saturated carbocycles. The van der Waals surface area contributed by atoms with Crippen molar-refractivity contribution < 1.29 is 23.9 Å². The van der Waals surface area contributed by atoms with Crippen molar-refractivity contribution >= 4 is 17.7 Å². The lowest BCUT2D eigenvalue weighted by molar-refractivity contribution is -0.146. The summed E-state index contributed by atoms with van der Waals surface area (Å²) in [5.41, 5.74) is 0.0676. The van der Waals surface area contributed by atoms with Crippen LogP contribution in [-0.2, 0) is 23.9 Å². The summed E-state index contributed by atoms with van der Waals surface area (Å²) in [5.74, 6) is -1.53. The zero-order chi connectivity index (χ0) is 13.3. The second-order valence-electron chi connectivity index (χ2n) is 3.63. The first kappa shape index (κ1) is 15.3. The van der Waals surface area contributed by atoms with Gasteiger partial charge in [-0.1, -0.05) is 19.9 Å². The molecule has 0 N–H and O–H groups in total. The van der Waals surface area contributed by atoms with E-state index in [0.717, 1.165) is 12.8 Å². The molecule has 96 valence electrons. The lowest BCUT2D eigenvalue weighted by Crippen LogP contribution is -2.16. The van der Waals surface area contributed by atoms with Crippen molar-refractivity contribution in [2.24, 2.45) is 0 Å². The SMILES string of the molecule is C=C(COC(=O)CC(C)=O)C(=O)OCCCC. The van der Waals surface area contributed by atoms with Crippen LogP contribution in [0.3, 0.4) is 0 Å². The van der Waals surface area contributed by atoms with E-state index in [1.54, 1.807) is 0 Å². The Morgan fingerprint density at radius 2 is 1.82 bits per heavy atom. The van der Waals surface area contributed by atoms with Gasteiger partial charge in [0, 0.05) is 0 Å². The van der Waals surface area contributed by atoms with E-state index in [9.17, 15) is 14.4 Å². The molecular weight excluding hydrogens is 224 g/mol. The topological polar surface area (TPSA) is 69.7 Å². The molecule has 0 heterocycles. The summed E-state index contributed by atoms with van der Waals surface area (Å²) >= 11 is 0. The molecule has 0 aromatic rings. The van der Waals surface area contributed by atoms with Gasteiger partial charge in [-0.15, -0.1) is 0 Å². The molecule has 0 aromatic heterocycles. The first-order valence-electron chi connectivity index (χ1n) is 5.47. The van der Waals surface area contributed by atoms with E-state index >= 15 is 0 Å². The zero-order valence-corrected chi connectivity index (χ0v) is 10.3. The summed E-state index contributed by atoms with van der Waals surface area (Å²) in [4.78, 5) is 32.9. The Hall–Kier alpha value is -1.65. The Kier molecular flexibility index (Phi) is 7.67. The number of rotatable bonds is 8. The van der Waals surface area contributed by atoms with Gasteiger partial charge in [-0.05, 0) is 13.3 Å². The maximum absolute atomic E-state index is 11.3. The third-order valence-corrected chi connectivity index (χ3v) is 1.82. The van der Waals surface area contributed by atoms with Gasteiger partial charge in [0.15, 0.2) is 0 Å². The Balaban J connectivity index is 3.81. The molecule has 0 rings (SSSR count). The second-order valence-corrected chi connectivity index (χ2v) is 3.63. The minimum Gasteiger partial charge on any atom is -0.462 e. The van der Waals surface area contributed by atoms with E-state index in [1.165, 1.54) is 6.92 Å². The molecule has 0 radical (unpaired) electrons. The molecule has 5 heteroatoms. The monoisotopic (exact) mass is 242 g/mol. The average molecular weight is 242 g/mol. The van der Waals surface area contributed by atoms with Gasteiger partial charge < -0.3 is 9.47 Å². The highest BCUT2D eigenvalue weighted by Crippen LogP contribution is 1.99. The van der Waals surface area contributed by atoms with Gasteiger partial charge in [-0.25, -0.2) is 4.79 Å². The maximum Gasteiger partial charge on any atom is 0.336 e. The van der Waals surface area contributed by atoms with E-state index in [1.807, 2.05) is 6.92 Å². The molecule has 5 nitrogen and oxygen atoms in total. The highest BCUT2D eigenvalue weighted by molar-refractivity contribution is 5.94. The summed E-state index contributed by atoms with van der Waals surface area (Å²) in [7, 11) is 0.